The first-order valence-corrected chi connectivity index (χ1v) is 8.31. The number of rotatable bonds is 4. The normalized spacial score (nSPS) is 17.8. The Morgan fingerprint density at radius 1 is 1.04 bits per heavy atom. The molecule has 1 aliphatic heterocycles. The molecular weight excluding hydrogens is 300 g/mol. The molecule has 6 heteroatoms. The van der Waals surface area contributed by atoms with Crippen molar-refractivity contribution >= 4 is 5.82 Å². The molecule has 1 unspecified atom stereocenters. The number of hydrogen-bond donors (Lipinski definition) is 0. The Hall–Kier alpha value is -2.76. The Morgan fingerprint density at radius 3 is 2.83 bits per heavy atom. The minimum absolute atomic E-state index is 0.410. The summed E-state index contributed by atoms with van der Waals surface area (Å²) in [5.74, 6) is 2.51. The Bertz CT molecular complexity index is 770. The molecule has 3 aromatic heterocycles. The Balaban J connectivity index is 1.53. The van der Waals surface area contributed by atoms with E-state index in [-0.39, 0.29) is 0 Å². The third-order valence-corrected chi connectivity index (χ3v) is 4.48. The van der Waals surface area contributed by atoms with Gasteiger partial charge < -0.3 is 9.47 Å². The molecule has 0 aromatic carbocycles. The summed E-state index contributed by atoms with van der Waals surface area (Å²) in [5, 5.41) is 0. The fraction of sp³-hybridized carbons (Fsp3) is 0.333. The number of pyridine rings is 1. The van der Waals surface area contributed by atoms with Gasteiger partial charge in [-0.1, -0.05) is 6.07 Å². The highest BCUT2D eigenvalue weighted by Gasteiger charge is 2.25. The van der Waals surface area contributed by atoms with E-state index in [0.717, 1.165) is 44.1 Å². The Morgan fingerprint density at radius 2 is 2.00 bits per heavy atom. The van der Waals surface area contributed by atoms with Crippen LogP contribution in [0.5, 0.6) is 0 Å². The SMILES string of the molecule is c1cncc(Cn2ccnc2C2CCCN(c3cnccn3)C2)c1. The van der Waals surface area contributed by atoms with Crippen molar-refractivity contribution in [2.45, 2.75) is 25.3 Å². The van der Waals surface area contributed by atoms with E-state index in [2.05, 4.69) is 41.7 Å². The van der Waals surface area contributed by atoms with Gasteiger partial charge in [-0.05, 0) is 24.5 Å². The maximum absolute atomic E-state index is 4.64. The molecule has 1 aliphatic rings. The second-order valence-electron chi connectivity index (χ2n) is 6.12. The summed E-state index contributed by atoms with van der Waals surface area (Å²) in [7, 11) is 0. The van der Waals surface area contributed by atoms with E-state index in [1.807, 2.05) is 24.7 Å². The number of aromatic nitrogens is 5. The topological polar surface area (TPSA) is 59.7 Å². The summed E-state index contributed by atoms with van der Waals surface area (Å²) < 4.78 is 2.24. The minimum Gasteiger partial charge on any atom is -0.355 e. The van der Waals surface area contributed by atoms with Gasteiger partial charge in [0.15, 0.2) is 0 Å². The van der Waals surface area contributed by atoms with Gasteiger partial charge in [-0.25, -0.2) is 9.97 Å². The van der Waals surface area contributed by atoms with Gasteiger partial charge in [0.2, 0.25) is 0 Å². The lowest BCUT2D eigenvalue weighted by atomic mass is 9.97. The molecule has 0 spiro atoms. The van der Waals surface area contributed by atoms with E-state index in [0.29, 0.717) is 5.92 Å². The first-order chi connectivity index (χ1) is 11.9. The minimum atomic E-state index is 0.410. The highest BCUT2D eigenvalue weighted by atomic mass is 15.2. The summed E-state index contributed by atoms with van der Waals surface area (Å²) >= 11 is 0. The summed E-state index contributed by atoms with van der Waals surface area (Å²) in [4.78, 5) is 19.8. The molecule has 0 N–H and O–H groups in total. The Kier molecular flexibility index (Phi) is 4.18. The van der Waals surface area contributed by atoms with Crippen molar-refractivity contribution in [3.8, 4) is 0 Å². The molecule has 24 heavy (non-hydrogen) atoms. The van der Waals surface area contributed by atoms with Crippen LogP contribution < -0.4 is 4.90 Å². The average Bonchev–Trinajstić information content (AvgIpc) is 3.12. The Labute approximate surface area is 141 Å². The van der Waals surface area contributed by atoms with Gasteiger partial charge in [0.25, 0.3) is 0 Å². The molecule has 0 saturated carbocycles. The van der Waals surface area contributed by atoms with E-state index >= 15 is 0 Å². The number of nitrogens with zero attached hydrogens (tertiary/aromatic N) is 6. The molecule has 0 amide bonds. The van der Waals surface area contributed by atoms with Crippen LogP contribution in [0.2, 0.25) is 0 Å². The predicted octanol–water partition coefficient (Wildman–Crippen LogP) is 2.50. The van der Waals surface area contributed by atoms with Crippen molar-refractivity contribution in [2.75, 3.05) is 18.0 Å². The molecule has 0 radical (unpaired) electrons. The second kappa shape index (κ2) is 6.78. The van der Waals surface area contributed by atoms with E-state index in [1.54, 1.807) is 18.6 Å². The standard InChI is InChI=1S/C18H20N6/c1-3-15(11-19-5-1)13-24-10-8-22-18(24)16-4-2-9-23(14-16)17-12-20-6-7-21-17/h1,3,5-8,10-12,16H,2,4,9,13-14H2. The van der Waals surface area contributed by atoms with Gasteiger partial charge in [-0.15, -0.1) is 0 Å². The molecule has 4 rings (SSSR count). The molecule has 0 bridgehead atoms. The van der Waals surface area contributed by atoms with Gasteiger partial charge in [-0.2, -0.15) is 0 Å². The van der Waals surface area contributed by atoms with Gasteiger partial charge in [0.1, 0.15) is 11.6 Å². The molecular formula is C18H20N6. The van der Waals surface area contributed by atoms with Gasteiger partial charge in [0.05, 0.1) is 12.7 Å². The van der Waals surface area contributed by atoms with Crippen LogP contribution in [-0.2, 0) is 6.54 Å². The van der Waals surface area contributed by atoms with Crippen LogP contribution in [0.4, 0.5) is 5.82 Å². The van der Waals surface area contributed by atoms with E-state index in [1.165, 1.54) is 5.56 Å². The maximum atomic E-state index is 4.64. The lowest BCUT2D eigenvalue weighted by Crippen LogP contribution is -2.36. The van der Waals surface area contributed by atoms with Crippen LogP contribution in [0.3, 0.4) is 0 Å². The molecule has 6 nitrogen and oxygen atoms in total. The maximum Gasteiger partial charge on any atom is 0.147 e. The third kappa shape index (κ3) is 3.13. The zero-order valence-corrected chi connectivity index (χ0v) is 13.5. The predicted molar refractivity (Wildman–Crippen MR) is 91.8 cm³/mol. The van der Waals surface area contributed by atoms with Crippen LogP contribution in [0.25, 0.3) is 0 Å². The van der Waals surface area contributed by atoms with Crippen LogP contribution in [-0.4, -0.2) is 37.6 Å². The average molecular weight is 320 g/mol. The molecule has 122 valence electrons. The molecule has 0 aliphatic carbocycles. The largest absolute Gasteiger partial charge is 0.355 e. The van der Waals surface area contributed by atoms with Crippen molar-refractivity contribution < 1.29 is 0 Å². The molecule has 1 saturated heterocycles. The number of anilines is 1. The lowest BCUT2D eigenvalue weighted by Gasteiger charge is -2.33. The molecule has 3 aromatic rings. The number of imidazole rings is 1. The fourth-order valence-electron chi connectivity index (χ4n) is 3.35. The first kappa shape index (κ1) is 14.8. The highest BCUT2D eigenvalue weighted by molar-refractivity contribution is 5.36. The van der Waals surface area contributed by atoms with Gasteiger partial charge in [-0.3, -0.25) is 9.97 Å². The smallest absolute Gasteiger partial charge is 0.147 e. The summed E-state index contributed by atoms with van der Waals surface area (Å²) in [6, 6.07) is 4.08. The van der Waals surface area contributed by atoms with Crippen LogP contribution in [0, 0.1) is 0 Å². The number of hydrogen-bond acceptors (Lipinski definition) is 5. The molecule has 4 heterocycles. The lowest BCUT2D eigenvalue weighted by molar-refractivity contribution is 0.473. The van der Waals surface area contributed by atoms with Crippen LogP contribution >= 0.6 is 0 Å². The molecule has 1 atom stereocenters. The van der Waals surface area contributed by atoms with Crippen LogP contribution in [0.15, 0.2) is 55.5 Å². The van der Waals surface area contributed by atoms with Crippen LogP contribution in [0.1, 0.15) is 30.1 Å². The van der Waals surface area contributed by atoms with Crippen molar-refractivity contribution in [2.24, 2.45) is 0 Å². The van der Waals surface area contributed by atoms with Crippen molar-refractivity contribution in [3.05, 3.63) is 66.9 Å². The molecule has 1 fully saturated rings. The number of piperidine rings is 1. The zero-order valence-electron chi connectivity index (χ0n) is 13.5. The van der Waals surface area contributed by atoms with E-state index in [4.69, 9.17) is 0 Å². The van der Waals surface area contributed by atoms with E-state index < -0.39 is 0 Å². The second-order valence-corrected chi connectivity index (χ2v) is 6.12. The third-order valence-electron chi connectivity index (χ3n) is 4.48. The summed E-state index contributed by atoms with van der Waals surface area (Å²) in [6.07, 6.45) is 15.3. The quantitative estimate of drug-likeness (QED) is 0.739. The zero-order chi connectivity index (χ0) is 16.2. The van der Waals surface area contributed by atoms with Crippen molar-refractivity contribution in [1.82, 2.24) is 24.5 Å². The summed E-state index contributed by atoms with van der Waals surface area (Å²) in [6.45, 7) is 2.77. The van der Waals surface area contributed by atoms with Gasteiger partial charge in [0, 0.05) is 56.2 Å². The monoisotopic (exact) mass is 320 g/mol. The van der Waals surface area contributed by atoms with E-state index in [9.17, 15) is 0 Å². The van der Waals surface area contributed by atoms with Crippen molar-refractivity contribution in [1.29, 1.82) is 0 Å². The van der Waals surface area contributed by atoms with Crippen molar-refractivity contribution in [3.63, 3.8) is 0 Å². The fourth-order valence-corrected chi connectivity index (χ4v) is 3.35. The van der Waals surface area contributed by atoms with Gasteiger partial charge >= 0.3 is 0 Å². The first-order valence-electron chi connectivity index (χ1n) is 8.31. The highest BCUT2D eigenvalue weighted by Crippen LogP contribution is 2.28. The summed E-state index contributed by atoms with van der Waals surface area (Å²) in [5.41, 5.74) is 1.19.